The van der Waals surface area contributed by atoms with Crippen molar-refractivity contribution < 1.29 is 14.3 Å². The van der Waals surface area contributed by atoms with Gasteiger partial charge in [0, 0.05) is 4.88 Å². The highest BCUT2D eigenvalue weighted by atomic mass is 32.1. The Bertz CT molecular complexity index is 1050. The van der Waals surface area contributed by atoms with Crippen LogP contribution in [0.25, 0.3) is 10.2 Å². The number of carbonyl (C=O) groups is 1. The molecule has 0 aliphatic carbocycles. The smallest absolute Gasteiger partial charge is 0.344 e. The lowest BCUT2D eigenvalue weighted by atomic mass is 10.1. The van der Waals surface area contributed by atoms with Gasteiger partial charge in [-0.1, -0.05) is 6.07 Å². The number of aromatic nitrogens is 2. The number of aromatic amines is 1. The minimum absolute atomic E-state index is 0.211. The Hall–Kier alpha value is -2.67. The van der Waals surface area contributed by atoms with Crippen molar-refractivity contribution in [3.63, 3.8) is 0 Å². The van der Waals surface area contributed by atoms with Crippen LogP contribution in [0.1, 0.15) is 40.4 Å². The molecule has 1 atom stereocenters. The summed E-state index contributed by atoms with van der Waals surface area (Å²) in [5.41, 5.74) is 2.83. The molecule has 7 heteroatoms. The van der Waals surface area contributed by atoms with E-state index < -0.39 is 12.1 Å². The second-order valence-electron chi connectivity index (χ2n) is 6.66. The van der Waals surface area contributed by atoms with Crippen molar-refractivity contribution in [1.82, 2.24) is 9.97 Å². The van der Waals surface area contributed by atoms with Gasteiger partial charge in [-0.05, 0) is 63.4 Å². The van der Waals surface area contributed by atoms with Crippen LogP contribution in [0.2, 0.25) is 0 Å². The van der Waals surface area contributed by atoms with E-state index in [2.05, 4.69) is 9.97 Å². The summed E-state index contributed by atoms with van der Waals surface area (Å²) in [5, 5.41) is 0.595. The molecule has 0 aliphatic heterocycles. The summed E-state index contributed by atoms with van der Waals surface area (Å²) in [6.45, 7) is 9.25. The minimum atomic E-state index is -0.680. The number of thiophene rings is 1. The number of nitrogens with one attached hydrogen (secondary N) is 1. The maximum absolute atomic E-state index is 12.3. The molecular weight excluding hydrogens is 364 g/mol. The molecule has 0 radical (unpaired) electrons. The van der Waals surface area contributed by atoms with Gasteiger partial charge in [0.05, 0.1) is 5.39 Å². The fraction of sp³-hybridized carbons (Fsp3) is 0.350. The Kier molecular flexibility index (Phi) is 5.32. The summed E-state index contributed by atoms with van der Waals surface area (Å²) < 4.78 is 10.9. The van der Waals surface area contributed by atoms with Crippen LogP contribution < -0.4 is 10.3 Å². The molecule has 1 aromatic carbocycles. The third-order valence-corrected chi connectivity index (χ3v) is 5.40. The van der Waals surface area contributed by atoms with Crippen molar-refractivity contribution in [2.45, 2.75) is 40.7 Å². The van der Waals surface area contributed by atoms with Crippen molar-refractivity contribution in [2.75, 3.05) is 6.61 Å². The first-order valence-electron chi connectivity index (χ1n) is 8.65. The number of nitrogens with zero attached hydrogens (tertiary/aromatic N) is 1. The average Bonchev–Trinajstić information content (AvgIpc) is 2.87. The Morgan fingerprint density at radius 1 is 1.19 bits per heavy atom. The second kappa shape index (κ2) is 7.52. The van der Waals surface area contributed by atoms with Gasteiger partial charge in [-0.15, -0.1) is 11.3 Å². The number of carbonyl (C=O) groups excluding carboxylic acids is 1. The maximum atomic E-state index is 12.3. The third-order valence-electron chi connectivity index (χ3n) is 4.30. The number of benzene rings is 1. The van der Waals surface area contributed by atoms with Crippen LogP contribution in [0, 0.1) is 27.7 Å². The average molecular weight is 386 g/mol. The van der Waals surface area contributed by atoms with Gasteiger partial charge in [0.25, 0.3) is 5.56 Å². The number of hydrogen-bond acceptors (Lipinski definition) is 6. The number of aryl methyl sites for hydroxylation is 4. The molecule has 0 spiro atoms. The van der Waals surface area contributed by atoms with Crippen LogP contribution in [0.5, 0.6) is 5.75 Å². The number of H-pyrrole nitrogens is 1. The zero-order valence-electron chi connectivity index (χ0n) is 16.0. The fourth-order valence-corrected chi connectivity index (χ4v) is 3.95. The Balaban J connectivity index is 1.69. The molecule has 1 N–H and O–H groups in total. The summed E-state index contributed by atoms with van der Waals surface area (Å²) in [5.74, 6) is 0.422. The molecule has 0 saturated heterocycles. The summed E-state index contributed by atoms with van der Waals surface area (Å²) in [6, 6.07) is 5.75. The van der Waals surface area contributed by atoms with Crippen molar-refractivity contribution >= 4 is 27.5 Å². The normalized spacial score (nSPS) is 12.2. The number of fused-ring (bicyclic) bond motifs is 1. The van der Waals surface area contributed by atoms with Gasteiger partial charge in [-0.3, -0.25) is 4.79 Å². The summed E-state index contributed by atoms with van der Waals surface area (Å²) in [4.78, 5) is 33.3. The predicted molar refractivity (Wildman–Crippen MR) is 106 cm³/mol. The molecule has 0 unspecified atom stereocenters. The third kappa shape index (κ3) is 4.19. The zero-order chi connectivity index (χ0) is 19.7. The molecular formula is C20H22N2O4S. The van der Waals surface area contributed by atoms with Crippen LogP contribution >= 0.6 is 11.3 Å². The second-order valence-corrected chi connectivity index (χ2v) is 7.86. The summed E-state index contributed by atoms with van der Waals surface area (Å²) >= 11 is 1.46. The molecule has 0 fully saturated rings. The zero-order valence-corrected chi connectivity index (χ0v) is 16.8. The molecule has 0 amide bonds. The lowest BCUT2D eigenvalue weighted by Gasteiger charge is -2.13. The van der Waals surface area contributed by atoms with Gasteiger partial charge in [-0.25, -0.2) is 9.78 Å². The topological polar surface area (TPSA) is 81.3 Å². The number of ether oxygens (including phenoxy) is 2. The Morgan fingerprint density at radius 2 is 1.85 bits per heavy atom. The summed E-state index contributed by atoms with van der Waals surface area (Å²) in [6.07, 6.45) is -0.680. The molecule has 2 aromatic heterocycles. The van der Waals surface area contributed by atoms with Crippen LogP contribution in [0.4, 0.5) is 0 Å². The first kappa shape index (κ1) is 19.1. The van der Waals surface area contributed by atoms with Crippen molar-refractivity contribution in [2.24, 2.45) is 0 Å². The minimum Gasteiger partial charge on any atom is -0.482 e. The van der Waals surface area contributed by atoms with E-state index in [9.17, 15) is 9.59 Å². The van der Waals surface area contributed by atoms with Crippen molar-refractivity contribution in [3.05, 3.63) is 55.9 Å². The standard InChI is InChI=1S/C20H22N2O4S/c1-10-6-11(2)8-15(7-10)25-9-16(23)26-13(4)18-21-19(24)17-12(3)14(5)27-20(17)22-18/h6-8,13H,9H2,1-5H3,(H,21,22,24)/t13-/m0/s1. The predicted octanol–water partition coefficient (Wildman–Crippen LogP) is 3.90. The van der Waals surface area contributed by atoms with Gasteiger partial charge in [0.2, 0.25) is 0 Å². The van der Waals surface area contributed by atoms with E-state index in [4.69, 9.17) is 9.47 Å². The van der Waals surface area contributed by atoms with Crippen molar-refractivity contribution in [1.29, 1.82) is 0 Å². The Morgan fingerprint density at radius 3 is 2.52 bits per heavy atom. The molecule has 3 aromatic rings. The molecule has 3 rings (SSSR count). The van der Waals surface area contributed by atoms with E-state index in [-0.39, 0.29) is 12.2 Å². The SMILES string of the molecule is Cc1cc(C)cc(OCC(=O)O[C@@H](C)c2nc3sc(C)c(C)c3c(=O)[nH]2)c1. The van der Waals surface area contributed by atoms with Gasteiger partial charge in [0.15, 0.2) is 18.5 Å². The summed E-state index contributed by atoms with van der Waals surface area (Å²) in [7, 11) is 0. The quantitative estimate of drug-likeness (QED) is 0.673. The van der Waals surface area contributed by atoms with Gasteiger partial charge in [0.1, 0.15) is 10.6 Å². The van der Waals surface area contributed by atoms with Gasteiger partial charge >= 0.3 is 5.97 Å². The fourth-order valence-electron chi connectivity index (χ4n) is 2.91. The van der Waals surface area contributed by atoms with E-state index in [0.29, 0.717) is 21.8 Å². The molecule has 0 saturated carbocycles. The highest BCUT2D eigenvalue weighted by Gasteiger charge is 2.18. The van der Waals surface area contributed by atoms with E-state index >= 15 is 0 Å². The van der Waals surface area contributed by atoms with E-state index in [1.807, 2.05) is 45.9 Å². The molecule has 0 bridgehead atoms. The number of rotatable bonds is 5. The van der Waals surface area contributed by atoms with Crippen LogP contribution in [-0.4, -0.2) is 22.5 Å². The number of hydrogen-bond donors (Lipinski definition) is 1. The Labute approximate surface area is 161 Å². The van der Waals surface area contributed by atoms with Gasteiger partial charge < -0.3 is 14.5 Å². The monoisotopic (exact) mass is 386 g/mol. The van der Waals surface area contributed by atoms with Crippen LogP contribution in [0.3, 0.4) is 0 Å². The van der Waals surface area contributed by atoms with E-state index in [1.54, 1.807) is 6.92 Å². The highest BCUT2D eigenvalue weighted by Crippen LogP contribution is 2.27. The molecule has 27 heavy (non-hydrogen) atoms. The lowest BCUT2D eigenvalue weighted by molar-refractivity contribution is -0.151. The van der Waals surface area contributed by atoms with Crippen LogP contribution in [0.15, 0.2) is 23.0 Å². The first-order valence-corrected chi connectivity index (χ1v) is 9.46. The van der Waals surface area contributed by atoms with Gasteiger partial charge in [-0.2, -0.15) is 0 Å². The largest absolute Gasteiger partial charge is 0.482 e. The molecule has 0 aliphatic rings. The highest BCUT2D eigenvalue weighted by molar-refractivity contribution is 7.18. The molecule has 6 nitrogen and oxygen atoms in total. The van der Waals surface area contributed by atoms with Crippen LogP contribution in [-0.2, 0) is 9.53 Å². The van der Waals surface area contributed by atoms with E-state index in [0.717, 1.165) is 21.6 Å². The van der Waals surface area contributed by atoms with E-state index in [1.165, 1.54) is 11.3 Å². The maximum Gasteiger partial charge on any atom is 0.344 e. The number of esters is 1. The lowest BCUT2D eigenvalue weighted by Crippen LogP contribution is -2.20. The van der Waals surface area contributed by atoms with Crippen molar-refractivity contribution in [3.8, 4) is 5.75 Å². The molecule has 2 heterocycles. The first-order chi connectivity index (χ1) is 12.7. The molecule has 142 valence electrons.